The van der Waals surface area contributed by atoms with Crippen LogP contribution in [0, 0.1) is 48.3 Å². The van der Waals surface area contributed by atoms with Crippen molar-refractivity contribution in [3.63, 3.8) is 0 Å². The number of nitrogens with one attached hydrogen (secondary N) is 2. The van der Waals surface area contributed by atoms with E-state index in [1.54, 1.807) is 17.4 Å². The molecule has 3 amide bonds. The van der Waals surface area contributed by atoms with E-state index >= 15 is 0 Å². The maximum absolute atomic E-state index is 13.5. The lowest BCUT2D eigenvalue weighted by Crippen LogP contribution is -2.42. The van der Waals surface area contributed by atoms with Crippen molar-refractivity contribution in [3.8, 4) is 5.75 Å². The minimum Gasteiger partial charge on any atom is -0.490 e. The van der Waals surface area contributed by atoms with Gasteiger partial charge in [0.1, 0.15) is 28.8 Å². The van der Waals surface area contributed by atoms with Gasteiger partial charge in [-0.1, -0.05) is 48.6 Å². The molecule has 1 saturated heterocycles. The Morgan fingerprint density at radius 1 is 0.859 bits per heavy atom. The molecular weight excluding hydrogens is 819 g/mol. The van der Waals surface area contributed by atoms with Crippen molar-refractivity contribution in [2.45, 2.75) is 77.4 Å². The minimum atomic E-state index is -0.0241. The van der Waals surface area contributed by atoms with Gasteiger partial charge in [-0.2, -0.15) is 0 Å². The predicted octanol–water partition coefficient (Wildman–Crippen LogP) is 9.24. The van der Waals surface area contributed by atoms with Crippen LogP contribution in [0.4, 0.5) is 5.82 Å². The molecule has 4 heterocycles. The Bertz CT molecular complexity index is 2590. The Labute approximate surface area is 379 Å². The Morgan fingerprint density at radius 3 is 2.36 bits per heavy atom. The molecule has 4 fully saturated rings. The number of nitrogens with zero attached hydrogens (tertiary/aromatic N) is 5. The summed E-state index contributed by atoms with van der Waals surface area (Å²) in [5.41, 5.74) is 3.63. The summed E-state index contributed by atoms with van der Waals surface area (Å²) in [6.45, 7) is 5.72. The average Bonchev–Trinajstić information content (AvgIpc) is 3.69. The van der Waals surface area contributed by atoms with Gasteiger partial charge in [-0.15, -0.1) is 11.3 Å². The summed E-state index contributed by atoms with van der Waals surface area (Å²) in [5, 5.41) is 8.72. The maximum atomic E-state index is 13.5. The SMILES string of the molecule is Cc1c(C(=O)N(C)Cc2cccc3ncccc23)sc2ncnc(NCC3C[C@@H]4C=C[C@H]3C4)c12.O=C(NCCC1C[C@@H]2C=C[C@H]1C2)c1cccc(OC2CCN(C(=O)C3CC3)CC2)c1. The molecule has 2 unspecified atom stereocenters. The van der Waals surface area contributed by atoms with Gasteiger partial charge in [0.25, 0.3) is 11.8 Å². The second-order valence-electron chi connectivity index (χ2n) is 19.1. The van der Waals surface area contributed by atoms with Crippen molar-refractivity contribution >= 4 is 56.0 Å². The quantitative estimate of drug-likeness (QED) is 0.112. The first-order valence-corrected chi connectivity index (χ1v) is 24.3. The van der Waals surface area contributed by atoms with Crippen LogP contribution in [0.25, 0.3) is 21.1 Å². The Kier molecular flexibility index (Phi) is 12.2. The van der Waals surface area contributed by atoms with E-state index in [0.29, 0.717) is 29.9 Å². The fraction of sp³-hybridized carbons (Fsp3) is 0.462. The van der Waals surface area contributed by atoms with E-state index < -0.39 is 0 Å². The number of allylic oxidation sites excluding steroid dienone is 4. The van der Waals surface area contributed by atoms with Crippen LogP contribution in [0.2, 0.25) is 0 Å². The van der Waals surface area contributed by atoms with E-state index in [9.17, 15) is 14.4 Å². The number of benzene rings is 2. The van der Waals surface area contributed by atoms with Gasteiger partial charge in [0.05, 0.1) is 15.8 Å². The summed E-state index contributed by atoms with van der Waals surface area (Å²) in [5.74, 6) is 6.52. The number of likely N-dealkylation sites (tertiary alicyclic amines) is 1. The molecular formula is C52H59N7O4S. The third kappa shape index (κ3) is 9.16. The normalized spacial score (nSPS) is 24.2. The molecule has 6 atom stereocenters. The van der Waals surface area contributed by atoms with E-state index in [4.69, 9.17) is 4.74 Å². The zero-order valence-electron chi connectivity index (χ0n) is 37.0. The van der Waals surface area contributed by atoms with E-state index in [-0.39, 0.29) is 23.8 Å². The number of pyridine rings is 1. The maximum Gasteiger partial charge on any atom is 0.264 e. The van der Waals surface area contributed by atoms with Crippen LogP contribution >= 0.6 is 11.3 Å². The van der Waals surface area contributed by atoms with Crippen molar-refractivity contribution < 1.29 is 19.1 Å². The number of amides is 3. The number of hydrogen-bond donors (Lipinski definition) is 2. The molecule has 1 aliphatic heterocycles. The molecule has 0 radical (unpaired) electrons. The number of hydrogen-bond acceptors (Lipinski definition) is 9. The Balaban J connectivity index is 0.000000153. The van der Waals surface area contributed by atoms with Gasteiger partial charge in [-0.05, 0) is 129 Å². The average molecular weight is 878 g/mol. The number of piperidine rings is 1. The summed E-state index contributed by atoms with van der Waals surface area (Å²) in [6, 6.07) is 17.5. The fourth-order valence-corrected chi connectivity index (χ4v) is 12.1. The van der Waals surface area contributed by atoms with Gasteiger partial charge in [0.2, 0.25) is 5.91 Å². The highest BCUT2D eigenvalue weighted by Gasteiger charge is 2.37. The molecule has 3 saturated carbocycles. The standard InChI is InChI=1S/C27H27N5OS.C25H32N2O3/c1-16-23-25(29-13-20-12-17-8-9-18(20)11-17)30-15-31-26(23)34-24(16)27(33)32(2)14-19-5-3-7-22-21(19)6-4-10-28-22;28-24(26-11-8-20-15-17-4-5-19(20)14-17)21-2-1-3-23(16-21)30-22-9-12-27(13-10-22)25(29)18-6-7-18/h3-10,15,17-18,20H,11-14H2,1-2H3,(H,29,30,31);1-5,16-20,22H,6-15H2,(H,26,28)/t17-,18+,20?;17-,19+,20?/m11/s1. The summed E-state index contributed by atoms with van der Waals surface area (Å²) in [4.78, 5) is 57.1. The summed E-state index contributed by atoms with van der Waals surface area (Å²) >= 11 is 1.45. The number of aromatic nitrogens is 3. The lowest BCUT2D eigenvalue weighted by Gasteiger charge is -2.32. The predicted molar refractivity (Wildman–Crippen MR) is 252 cm³/mol. The molecule has 332 valence electrons. The van der Waals surface area contributed by atoms with Crippen LogP contribution in [0.15, 0.2) is 91.4 Å². The number of thiophene rings is 1. The number of carbonyl (C=O) groups excluding carboxylic acids is 3. The van der Waals surface area contributed by atoms with Crippen molar-refractivity contribution in [1.29, 1.82) is 0 Å². The third-order valence-electron chi connectivity index (χ3n) is 14.7. The number of anilines is 1. The smallest absolute Gasteiger partial charge is 0.264 e. The summed E-state index contributed by atoms with van der Waals surface area (Å²) in [7, 11) is 1.86. The van der Waals surface area contributed by atoms with Crippen molar-refractivity contribution in [2.24, 2.45) is 41.4 Å². The Hall–Kier alpha value is -5.62. The fourth-order valence-electron chi connectivity index (χ4n) is 11.0. The highest BCUT2D eigenvalue weighted by molar-refractivity contribution is 7.20. The molecule has 3 aromatic heterocycles. The van der Waals surface area contributed by atoms with E-state index in [1.807, 2.05) is 61.3 Å². The minimum absolute atomic E-state index is 0.00517. The van der Waals surface area contributed by atoms with Gasteiger partial charge in [0, 0.05) is 75.7 Å². The van der Waals surface area contributed by atoms with Gasteiger partial charge in [-0.3, -0.25) is 19.4 Å². The summed E-state index contributed by atoms with van der Waals surface area (Å²) < 4.78 is 6.14. The molecule has 64 heavy (non-hydrogen) atoms. The van der Waals surface area contributed by atoms with Gasteiger partial charge >= 0.3 is 0 Å². The molecule has 6 aliphatic rings. The number of rotatable bonds is 13. The molecule has 5 aliphatic carbocycles. The first kappa shape index (κ1) is 42.3. The van der Waals surface area contributed by atoms with Crippen LogP contribution in [-0.2, 0) is 11.3 Å². The van der Waals surface area contributed by atoms with Crippen LogP contribution in [0.3, 0.4) is 0 Å². The molecule has 2 aromatic carbocycles. The second kappa shape index (κ2) is 18.5. The molecule has 12 heteroatoms. The lowest BCUT2D eigenvalue weighted by molar-refractivity contribution is -0.134. The first-order valence-electron chi connectivity index (χ1n) is 23.5. The topological polar surface area (TPSA) is 130 Å². The highest BCUT2D eigenvalue weighted by Crippen LogP contribution is 2.45. The zero-order chi connectivity index (χ0) is 43.7. The number of carbonyl (C=O) groups is 3. The van der Waals surface area contributed by atoms with Crippen molar-refractivity contribution in [1.82, 2.24) is 30.1 Å². The number of aryl methyl sites for hydroxylation is 1. The van der Waals surface area contributed by atoms with Gasteiger partial charge in [0.15, 0.2) is 0 Å². The van der Waals surface area contributed by atoms with E-state index in [1.165, 1.54) is 37.0 Å². The van der Waals surface area contributed by atoms with Crippen molar-refractivity contribution in [3.05, 3.63) is 113 Å². The molecule has 11 nitrogen and oxygen atoms in total. The van der Waals surface area contributed by atoms with Gasteiger partial charge in [-0.25, -0.2) is 9.97 Å². The van der Waals surface area contributed by atoms with Gasteiger partial charge < -0.3 is 25.2 Å². The number of fused-ring (bicyclic) bond motifs is 6. The zero-order valence-corrected chi connectivity index (χ0v) is 37.8. The monoisotopic (exact) mass is 877 g/mol. The molecule has 4 bridgehead atoms. The van der Waals surface area contributed by atoms with Crippen LogP contribution in [-0.4, -0.2) is 81.8 Å². The number of ether oxygens (including phenoxy) is 1. The van der Waals surface area contributed by atoms with Crippen LogP contribution in [0.1, 0.15) is 88.9 Å². The van der Waals surface area contributed by atoms with Crippen molar-refractivity contribution in [2.75, 3.05) is 38.5 Å². The first-order chi connectivity index (χ1) is 31.2. The van der Waals surface area contributed by atoms with Crippen LogP contribution in [0.5, 0.6) is 5.75 Å². The molecule has 2 N–H and O–H groups in total. The van der Waals surface area contributed by atoms with Crippen LogP contribution < -0.4 is 15.4 Å². The van der Waals surface area contributed by atoms with E-state index in [0.717, 1.165) is 131 Å². The Morgan fingerprint density at radius 2 is 1.62 bits per heavy atom. The third-order valence-corrected chi connectivity index (χ3v) is 15.8. The largest absolute Gasteiger partial charge is 0.490 e. The summed E-state index contributed by atoms with van der Waals surface area (Å²) in [6.07, 6.45) is 23.0. The molecule has 11 rings (SSSR count). The molecule has 5 aromatic rings. The van der Waals surface area contributed by atoms with E-state index in [2.05, 4.69) is 62.0 Å². The highest BCUT2D eigenvalue weighted by atomic mass is 32.1. The molecule has 0 spiro atoms. The second-order valence-corrected chi connectivity index (χ2v) is 20.1. The lowest BCUT2D eigenvalue weighted by atomic mass is 9.90.